The minimum absolute atomic E-state index is 0. The van der Waals surface area contributed by atoms with Crippen molar-refractivity contribution in [3.8, 4) is 0 Å². The maximum absolute atomic E-state index is 11.5. The van der Waals surface area contributed by atoms with Gasteiger partial charge in [-0.3, -0.25) is 14.9 Å². The number of nitrogens with one attached hydrogen (secondary N) is 2. The van der Waals surface area contributed by atoms with Gasteiger partial charge in [-0.1, -0.05) is 12.1 Å². The van der Waals surface area contributed by atoms with Crippen molar-refractivity contribution in [1.29, 1.82) is 0 Å². The molecule has 0 aliphatic heterocycles. The summed E-state index contributed by atoms with van der Waals surface area (Å²) in [5, 5.41) is 16.2. The number of benzene rings is 1. The highest BCUT2D eigenvalue weighted by Gasteiger charge is 2.08. The van der Waals surface area contributed by atoms with E-state index in [9.17, 15) is 14.9 Å². The van der Waals surface area contributed by atoms with Gasteiger partial charge in [-0.05, 0) is 12.6 Å². The summed E-state index contributed by atoms with van der Waals surface area (Å²) in [5.41, 5.74) is 0.645. The van der Waals surface area contributed by atoms with Crippen LogP contribution in [0.3, 0.4) is 0 Å². The molecule has 0 heterocycles. The van der Waals surface area contributed by atoms with Crippen molar-refractivity contribution in [2.45, 2.75) is 6.42 Å². The average Bonchev–Trinajstić information content (AvgIpc) is 2.29. The standard InChI is InChI=1S/C11H15N3O3.ClH/c1-12-5-6-13-11(15)8-9-3-2-4-10(7-9)14(16)17;/h2-4,7,12H,5-6,8H2,1H3,(H,13,15);1H. The number of hydrogen-bond acceptors (Lipinski definition) is 4. The largest absolute Gasteiger partial charge is 0.355 e. The number of rotatable bonds is 6. The van der Waals surface area contributed by atoms with E-state index in [4.69, 9.17) is 0 Å². The maximum atomic E-state index is 11.5. The van der Waals surface area contributed by atoms with Crippen LogP contribution in [0.1, 0.15) is 5.56 Å². The Morgan fingerprint density at radius 2 is 2.11 bits per heavy atom. The molecule has 0 spiro atoms. The van der Waals surface area contributed by atoms with Gasteiger partial charge in [0, 0.05) is 25.2 Å². The predicted molar refractivity (Wildman–Crippen MR) is 71.0 cm³/mol. The van der Waals surface area contributed by atoms with E-state index in [2.05, 4.69) is 10.6 Å². The molecule has 2 N–H and O–H groups in total. The lowest BCUT2D eigenvalue weighted by molar-refractivity contribution is -0.384. The van der Waals surface area contributed by atoms with Crippen LogP contribution in [0.5, 0.6) is 0 Å². The number of halogens is 1. The van der Waals surface area contributed by atoms with Gasteiger partial charge in [-0.25, -0.2) is 0 Å². The molecule has 1 amide bonds. The number of nitrogens with zero attached hydrogens (tertiary/aromatic N) is 1. The van der Waals surface area contributed by atoms with E-state index in [0.717, 1.165) is 0 Å². The number of nitro groups is 1. The molecule has 0 bridgehead atoms. The molecule has 1 rings (SSSR count). The third-order valence-corrected chi connectivity index (χ3v) is 2.18. The first-order valence-electron chi connectivity index (χ1n) is 5.28. The van der Waals surface area contributed by atoms with Crippen LogP contribution in [-0.4, -0.2) is 31.0 Å². The summed E-state index contributed by atoms with van der Waals surface area (Å²) in [4.78, 5) is 21.5. The predicted octanol–water partition coefficient (Wildman–Crippen LogP) is 0.895. The topological polar surface area (TPSA) is 84.3 Å². The monoisotopic (exact) mass is 273 g/mol. The Bertz CT molecular complexity index is 412. The molecule has 1 aromatic carbocycles. The Morgan fingerprint density at radius 3 is 2.72 bits per heavy atom. The van der Waals surface area contributed by atoms with Gasteiger partial charge in [0.25, 0.3) is 5.69 Å². The molecule has 0 radical (unpaired) electrons. The van der Waals surface area contributed by atoms with E-state index in [-0.39, 0.29) is 30.4 Å². The fourth-order valence-electron chi connectivity index (χ4n) is 1.35. The molecule has 100 valence electrons. The molecule has 18 heavy (non-hydrogen) atoms. The van der Waals surface area contributed by atoms with Crippen molar-refractivity contribution in [1.82, 2.24) is 10.6 Å². The highest BCUT2D eigenvalue weighted by Crippen LogP contribution is 2.13. The summed E-state index contributed by atoms with van der Waals surface area (Å²) in [6.07, 6.45) is 0.158. The zero-order chi connectivity index (χ0) is 12.7. The van der Waals surface area contributed by atoms with Crippen LogP contribution in [0.2, 0.25) is 0 Å². The Kier molecular flexibility index (Phi) is 7.66. The Hall–Kier alpha value is -1.66. The van der Waals surface area contributed by atoms with E-state index >= 15 is 0 Å². The van der Waals surface area contributed by atoms with Gasteiger partial charge in [0.2, 0.25) is 5.91 Å². The summed E-state index contributed by atoms with van der Waals surface area (Å²) in [6.45, 7) is 1.24. The van der Waals surface area contributed by atoms with Crippen molar-refractivity contribution in [2.24, 2.45) is 0 Å². The van der Waals surface area contributed by atoms with E-state index in [1.165, 1.54) is 12.1 Å². The van der Waals surface area contributed by atoms with Crippen LogP contribution in [0.25, 0.3) is 0 Å². The molecule has 0 aliphatic rings. The summed E-state index contributed by atoms with van der Waals surface area (Å²) >= 11 is 0. The lowest BCUT2D eigenvalue weighted by Gasteiger charge is -2.04. The Labute approximate surface area is 111 Å². The number of carbonyl (C=O) groups is 1. The van der Waals surface area contributed by atoms with Crippen LogP contribution in [-0.2, 0) is 11.2 Å². The molecule has 0 unspecified atom stereocenters. The minimum atomic E-state index is -0.470. The second kappa shape index (κ2) is 8.43. The number of carbonyl (C=O) groups excluding carboxylic acids is 1. The zero-order valence-corrected chi connectivity index (χ0v) is 10.8. The lowest BCUT2D eigenvalue weighted by Crippen LogP contribution is -2.31. The first-order chi connectivity index (χ1) is 8.13. The number of non-ortho nitro benzene ring substituents is 1. The summed E-state index contributed by atoms with van der Waals surface area (Å²) in [5.74, 6) is -0.138. The number of nitro benzene ring substituents is 1. The van der Waals surface area contributed by atoms with Crippen molar-refractivity contribution in [3.63, 3.8) is 0 Å². The average molecular weight is 274 g/mol. The van der Waals surface area contributed by atoms with E-state index in [0.29, 0.717) is 18.7 Å². The third kappa shape index (κ3) is 5.60. The molecule has 0 fully saturated rings. The summed E-state index contributed by atoms with van der Waals surface area (Å²) in [6, 6.07) is 6.10. The van der Waals surface area contributed by atoms with E-state index in [1.807, 2.05) is 0 Å². The van der Waals surface area contributed by atoms with Crippen LogP contribution in [0.4, 0.5) is 5.69 Å². The number of hydrogen-bond donors (Lipinski definition) is 2. The fourth-order valence-corrected chi connectivity index (χ4v) is 1.35. The molecule has 0 atom stereocenters. The van der Waals surface area contributed by atoms with E-state index < -0.39 is 4.92 Å². The number of likely N-dealkylation sites (N-methyl/N-ethyl adjacent to an activating group) is 1. The highest BCUT2D eigenvalue weighted by atomic mass is 35.5. The highest BCUT2D eigenvalue weighted by molar-refractivity contribution is 5.85. The van der Waals surface area contributed by atoms with Crippen molar-refractivity contribution in [3.05, 3.63) is 39.9 Å². The van der Waals surface area contributed by atoms with Crippen LogP contribution < -0.4 is 10.6 Å². The van der Waals surface area contributed by atoms with Crippen molar-refractivity contribution < 1.29 is 9.72 Å². The molecule has 0 saturated heterocycles. The normalized spacial score (nSPS) is 9.39. The summed E-state index contributed by atoms with van der Waals surface area (Å²) in [7, 11) is 1.80. The first-order valence-corrected chi connectivity index (χ1v) is 5.28. The zero-order valence-electron chi connectivity index (χ0n) is 10.0. The first kappa shape index (κ1) is 16.3. The molecule has 0 aromatic heterocycles. The molecule has 6 nitrogen and oxygen atoms in total. The van der Waals surface area contributed by atoms with Gasteiger partial charge >= 0.3 is 0 Å². The maximum Gasteiger partial charge on any atom is 0.269 e. The van der Waals surface area contributed by atoms with Gasteiger partial charge in [0.1, 0.15) is 0 Å². The Balaban J connectivity index is 0.00000289. The van der Waals surface area contributed by atoms with Gasteiger partial charge in [-0.2, -0.15) is 0 Å². The molecule has 7 heteroatoms. The van der Waals surface area contributed by atoms with Crippen LogP contribution in [0.15, 0.2) is 24.3 Å². The third-order valence-electron chi connectivity index (χ3n) is 2.18. The van der Waals surface area contributed by atoms with Crippen molar-refractivity contribution >= 4 is 24.0 Å². The van der Waals surface area contributed by atoms with Gasteiger partial charge in [-0.15, -0.1) is 12.4 Å². The number of amides is 1. The molecular weight excluding hydrogens is 258 g/mol. The second-order valence-electron chi connectivity index (χ2n) is 3.56. The summed E-state index contributed by atoms with van der Waals surface area (Å²) < 4.78 is 0. The Morgan fingerprint density at radius 1 is 1.39 bits per heavy atom. The molecule has 0 saturated carbocycles. The fraction of sp³-hybridized carbons (Fsp3) is 0.364. The lowest BCUT2D eigenvalue weighted by atomic mass is 10.1. The van der Waals surface area contributed by atoms with Gasteiger partial charge in [0.15, 0.2) is 0 Å². The smallest absolute Gasteiger partial charge is 0.269 e. The van der Waals surface area contributed by atoms with Gasteiger partial charge in [0.05, 0.1) is 11.3 Å². The molecule has 1 aromatic rings. The van der Waals surface area contributed by atoms with Crippen LogP contribution >= 0.6 is 12.4 Å². The molecular formula is C11H16ClN3O3. The SMILES string of the molecule is CNCCNC(=O)Cc1cccc([N+](=O)[O-])c1.Cl. The van der Waals surface area contributed by atoms with Crippen LogP contribution in [0, 0.1) is 10.1 Å². The molecule has 0 aliphatic carbocycles. The second-order valence-corrected chi connectivity index (χ2v) is 3.56. The quantitative estimate of drug-likeness (QED) is 0.458. The minimum Gasteiger partial charge on any atom is -0.355 e. The van der Waals surface area contributed by atoms with Gasteiger partial charge < -0.3 is 10.6 Å². The van der Waals surface area contributed by atoms with Crippen molar-refractivity contribution in [2.75, 3.05) is 20.1 Å². The van der Waals surface area contributed by atoms with E-state index in [1.54, 1.807) is 19.2 Å².